The summed E-state index contributed by atoms with van der Waals surface area (Å²) in [6.07, 6.45) is 3.34. The molecular formula is C16H33Cl2N3O. The molecule has 132 valence electrons. The van der Waals surface area contributed by atoms with Gasteiger partial charge in [0, 0.05) is 26.2 Å². The number of hydrogen-bond donors (Lipinski definition) is 1. The summed E-state index contributed by atoms with van der Waals surface area (Å²) in [5.41, 5.74) is -0.147. The SMILES string of the molecule is CCN(CC)CC1CCN(C(=O)C2(C)CCNC2)CC1.Cl.Cl. The molecule has 1 atom stereocenters. The van der Waals surface area contributed by atoms with Crippen molar-refractivity contribution in [3.05, 3.63) is 0 Å². The van der Waals surface area contributed by atoms with Gasteiger partial charge in [0.1, 0.15) is 0 Å². The van der Waals surface area contributed by atoms with Crippen LogP contribution in [0.4, 0.5) is 0 Å². The Labute approximate surface area is 148 Å². The van der Waals surface area contributed by atoms with Gasteiger partial charge in [0.25, 0.3) is 0 Å². The van der Waals surface area contributed by atoms with Gasteiger partial charge in [-0.25, -0.2) is 0 Å². The Balaban J connectivity index is 0.00000220. The van der Waals surface area contributed by atoms with E-state index in [2.05, 4.69) is 35.9 Å². The zero-order chi connectivity index (χ0) is 14.6. The molecule has 0 radical (unpaired) electrons. The molecule has 2 rings (SSSR count). The fourth-order valence-electron chi connectivity index (χ4n) is 3.55. The normalized spacial score (nSPS) is 25.7. The molecule has 2 heterocycles. The van der Waals surface area contributed by atoms with Gasteiger partial charge in [-0.05, 0) is 51.7 Å². The Morgan fingerprint density at radius 3 is 2.27 bits per heavy atom. The van der Waals surface area contributed by atoms with Crippen molar-refractivity contribution < 1.29 is 4.79 Å². The minimum atomic E-state index is -0.147. The van der Waals surface area contributed by atoms with Crippen molar-refractivity contribution in [1.82, 2.24) is 15.1 Å². The summed E-state index contributed by atoms with van der Waals surface area (Å²) in [7, 11) is 0. The van der Waals surface area contributed by atoms with Crippen molar-refractivity contribution in [2.45, 2.75) is 40.0 Å². The first-order valence-corrected chi connectivity index (χ1v) is 8.31. The maximum absolute atomic E-state index is 12.6. The number of carbonyl (C=O) groups is 1. The summed E-state index contributed by atoms with van der Waals surface area (Å²) in [6, 6.07) is 0. The topological polar surface area (TPSA) is 35.6 Å². The van der Waals surface area contributed by atoms with Crippen LogP contribution in [0.3, 0.4) is 0 Å². The van der Waals surface area contributed by atoms with Crippen molar-refractivity contribution in [2.75, 3.05) is 45.8 Å². The van der Waals surface area contributed by atoms with E-state index in [0.29, 0.717) is 5.91 Å². The van der Waals surface area contributed by atoms with Crippen LogP contribution in [0, 0.1) is 11.3 Å². The number of nitrogens with zero attached hydrogens (tertiary/aromatic N) is 2. The molecule has 2 fully saturated rings. The number of carbonyl (C=O) groups excluding carboxylic acids is 1. The summed E-state index contributed by atoms with van der Waals surface area (Å²) in [5.74, 6) is 1.15. The molecule has 0 aromatic rings. The van der Waals surface area contributed by atoms with E-state index in [1.807, 2.05) is 0 Å². The van der Waals surface area contributed by atoms with Crippen LogP contribution in [-0.4, -0.2) is 61.5 Å². The molecule has 22 heavy (non-hydrogen) atoms. The predicted molar refractivity (Wildman–Crippen MR) is 97.2 cm³/mol. The number of nitrogens with one attached hydrogen (secondary N) is 1. The number of likely N-dealkylation sites (tertiary alicyclic amines) is 1. The molecule has 0 aromatic heterocycles. The fourth-order valence-corrected chi connectivity index (χ4v) is 3.55. The molecule has 2 aliphatic rings. The van der Waals surface area contributed by atoms with Gasteiger partial charge in [0.05, 0.1) is 5.41 Å². The van der Waals surface area contributed by atoms with Crippen molar-refractivity contribution in [1.29, 1.82) is 0 Å². The Morgan fingerprint density at radius 1 is 1.23 bits per heavy atom. The Bertz CT molecular complexity index is 323. The highest BCUT2D eigenvalue weighted by Crippen LogP contribution is 2.29. The van der Waals surface area contributed by atoms with Gasteiger partial charge in [-0.15, -0.1) is 24.8 Å². The second-order valence-corrected chi connectivity index (χ2v) is 6.71. The average molecular weight is 354 g/mol. The summed E-state index contributed by atoms with van der Waals surface area (Å²) in [4.78, 5) is 17.3. The number of amides is 1. The summed E-state index contributed by atoms with van der Waals surface area (Å²) in [6.45, 7) is 13.8. The highest BCUT2D eigenvalue weighted by Gasteiger charge is 2.40. The first kappa shape index (κ1) is 22.0. The van der Waals surface area contributed by atoms with E-state index in [9.17, 15) is 4.79 Å². The predicted octanol–water partition coefficient (Wildman–Crippen LogP) is 2.41. The largest absolute Gasteiger partial charge is 0.342 e. The van der Waals surface area contributed by atoms with Crippen molar-refractivity contribution in [2.24, 2.45) is 11.3 Å². The number of halogens is 2. The lowest BCUT2D eigenvalue weighted by Crippen LogP contribution is -2.48. The van der Waals surface area contributed by atoms with Gasteiger partial charge in [-0.1, -0.05) is 13.8 Å². The number of rotatable bonds is 5. The molecule has 1 unspecified atom stereocenters. The van der Waals surface area contributed by atoms with Crippen LogP contribution in [0.25, 0.3) is 0 Å². The molecule has 0 aliphatic carbocycles. The molecule has 1 N–H and O–H groups in total. The zero-order valence-electron chi connectivity index (χ0n) is 14.3. The Kier molecular flexibility index (Phi) is 9.95. The van der Waals surface area contributed by atoms with Crippen LogP contribution in [0.15, 0.2) is 0 Å². The molecule has 1 amide bonds. The minimum absolute atomic E-state index is 0. The molecule has 0 spiro atoms. The van der Waals surface area contributed by atoms with Gasteiger partial charge >= 0.3 is 0 Å². The molecule has 2 aliphatic heterocycles. The lowest BCUT2D eigenvalue weighted by Gasteiger charge is -2.38. The third-order valence-corrected chi connectivity index (χ3v) is 5.20. The Hall–Kier alpha value is -0.0300. The van der Waals surface area contributed by atoms with Crippen LogP contribution in [0.5, 0.6) is 0 Å². The summed E-state index contributed by atoms with van der Waals surface area (Å²) < 4.78 is 0. The van der Waals surface area contributed by atoms with Crippen LogP contribution in [0.1, 0.15) is 40.0 Å². The smallest absolute Gasteiger partial charge is 0.229 e. The van der Waals surface area contributed by atoms with Gasteiger partial charge in [0.15, 0.2) is 0 Å². The lowest BCUT2D eigenvalue weighted by atomic mass is 9.86. The zero-order valence-corrected chi connectivity index (χ0v) is 15.9. The number of piperidine rings is 1. The van der Waals surface area contributed by atoms with Gasteiger partial charge in [0.2, 0.25) is 5.91 Å². The monoisotopic (exact) mass is 353 g/mol. The second kappa shape index (κ2) is 9.96. The standard InChI is InChI=1S/C16H31N3O.2ClH/c1-4-18(5-2)12-14-6-10-19(11-7-14)15(20)16(3)8-9-17-13-16;;/h14,17H,4-13H2,1-3H3;2*1H. The maximum atomic E-state index is 12.6. The lowest BCUT2D eigenvalue weighted by molar-refractivity contribution is -0.141. The summed E-state index contributed by atoms with van der Waals surface area (Å²) in [5, 5.41) is 3.33. The van der Waals surface area contributed by atoms with Crippen molar-refractivity contribution in [3.8, 4) is 0 Å². The van der Waals surface area contributed by atoms with Crippen molar-refractivity contribution >= 4 is 30.7 Å². The molecule has 6 heteroatoms. The average Bonchev–Trinajstić information content (AvgIpc) is 2.92. The molecule has 4 nitrogen and oxygen atoms in total. The van der Waals surface area contributed by atoms with Gasteiger partial charge in [-0.3, -0.25) is 4.79 Å². The highest BCUT2D eigenvalue weighted by atomic mass is 35.5. The van der Waals surface area contributed by atoms with E-state index in [1.165, 1.54) is 19.4 Å². The molecule has 2 saturated heterocycles. The fraction of sp³-hybridized carbons (Fsp3) is 0.938. The second-order valence-electron chi connectivity index (χ2n) is 6.71. The first-order valence-electron chi connectivity index (χ1n) is 8.31. The minimum Gasteiger partial charge on any atom is -0.342 e. The van der Waals surface area contributed by atoms with E-state index in [-0.39, 0.29) is 30.2 Å². The van der Waals surface area contributed by atoms with E-state index < -0.39 is 0 Å². The van der Waals surface area contributed by atoms with Crippen LogP contribution in [0.2, 0.25) is 0 Å². The van der Waals surface area contributed by atoms with Crippen LogP contribution in [-0.2, 0) is 4.79 Å². The van der Waals surface area contributed by atoms with E-state index >= 15 is 0 Å². The Morgan fingerprint density at radius 2 is 1.82 bits per heavy atom. The maximum Gasteiger partial charge on any atom is 0.229 e. The van der Waals surface area contributed by atoms with E-state index in [0.717, 1.165) is 51.6 Å². The van der Waals surface area contributed by atoms with E-state index in [4.69, 9.17) is 0 Å². The van der Waals surface area contributed by atoms with Crippen molar-refractivity contribution in [3.63, 3.8) is 0 Å². The first-order chi connectivity index (χ1) is 9.59. The molecule has 0 saturated carbocycles. The number of hydrogen-bond acceptors (Lipinski definition) is 3. The molecule has 0 bridgehead atoms. The molecular weight excluding hydrogens is 321 g/mol. The third kappa shape index (κ3) is 5.26. The van der Waals surface area contributed by atoms with E-state index in [1.54, 1.807) is 0 Å². The van der Waals surface area contributed by atoms with Gasteiger partial charge < -0.3 is 15.1 Å². The quantitative estimate of drug-likeness (QED) is 0.824. The molecule has 0 aromatic carbocycles. The highest BCUT2D eigenvalue weighted by molar-refractivity contribution is 5.85. The van der Waals surface area contributed by atoms with Crippen LogP contribution < -0.4 is 5.32 Å². The van der Waals surface area contributed by atoms with Gasteiger partial charge in [-0.2, -0.15) is 0 Å². The third-order valence-electron chi connectivity index (χ3n) is 5.20. The van der Waals surface area contributed by atoms with Crippen LogP contribution >= 0.6 is 24.8 Å². The summed E-state index contributed by atoms with van der Waals surface area (Å²) >= 11 is 0.